The first-order chi connectivity index (χ1) is 14.6. The van der Waals surface area contributed by atoms with Crippen molar-refractivity contribution in [3.63, 3.8) is 0 Å². The maximum atomic E-state index is 12.6. The molecule has 1 atom stereocenters. The van der Waals surface area contributed by atoms with E-state index in [9.17, 15) is 28.1 Å². The minimum atomic E-state index is -3.17. The molecule has 1 amide bonds. The van der Waals surface area contributed by atoms with Crippen LogP contribution in [0.3, 0.4) is 0 Å². The van der Waals surface area contributed by atoms with E-state index in [0.717, 1.165) is 11.8 Å². The van der Waals surface area contributed by atoms with E-state index in [1.54, 1.807) is 0 Å². The van der Waals surface area contributed by atoms with Crippen molar-refractivity contribution in [1.82, 2.24) is 9.88 Å². The van der Waals surface area contributed by atoms with Crippen molar-refractivity contribution in [2.24, 2.45) is 0 Å². The largest absolute Gasteiger partial charge is 0.452 e. The summed E-state index contributed by atoms with van der Waals surface area (Å²) in [7, 11) is -1.71. The van der Waals surface area contributed by atoms with Gasteiger partial charge in [0.25, 0.3) is 11.6 Å². The van der Waals surface area contributed by atoms with Gasteiger partial charge in [-0.1, -0.05) is 11.8 Å². The molecule has 1 aromatic carbocycles. The number of ether oxygens (including phenoxy) is 1. The number of carbonyl (C=O) groups excluding carboxylic acids is 2. The average molecular weight is 486 g/mol. The van der Waals surface area contributed by atoms with E-state index in [1.165, 1.54) is 47.2 Å². The van der Waals surface area contributed by atoms with Crippen LogP contribution in [-0.2, 0) is 19.4 Å². The van der Waals surface area contributed by atoms with E-state index in [1.807, 2.05) is 12.3 Å². The molecule has 1 aliphatic heterocycles. The third-order valence-corrected chi connectivity index (χ3v) is 8.55. The van der Waals surface area contributed by atoms with Crippen molar-refractivity contribution in [2.75, 3.05) is 25.2 Å². The van der Waals surface area contributed by atoms with Crippen LogP contribution in [0.1, 0.15) is 22.5 Å². The standard InChI is InChI=1S/C18H19N3O7S3/c1-11-9-29-18(19-11)30-15-4-3-12(21(24)25)7-14(15)17(23)28-8-16(22)20(2)13-5-6-31(26,27)10-13/h3-4,7,9,13H,5-6,8,10H2,1-2H3. The van der Waals surface area contributed by atoms with Gasteiger partial charge in [0.2, 0.25) is 0 Å². The Balaban J connectivity index is 1.72. The molecular weight excluding hydrogens is 466 g/mol. The maximum absolute atomic E-state index is 12.6. The topological polar surface area (TPSA) is 137 Å². The van der Waals surface area contributed by atoms with Crippen LogP contribution in [0.5, 0.6) is 0 Å². The number of esters is 1. The first-order valence-electron chi connectivity index (χ1n) is 9.07. The number of nitrogens with zero attached hydrogens (tertiary/aromatic N) is 3. The molecule has 0 aliphatic carbocycles. The van der Waals surface area contributed by atoms with E-state index in [4.69, 9.17) is 4.74 Å². The minimum absolute atomic E-state index is 0.0135. The molecule has 3 rings (SSSR count). The number of likely N-dealkylation sites (N-methyl/N-ethyl adjacent to an activating group) is 1. The Morgan fingerprint density at radius 3 is 2.74 bits per heavy atom. The summed E-state index contributed by atoms with van der Waals surface area (Å²) in [6.07, 6.45) is 0.331. The highest BCUT2D eigenvalue weighted by Gasteiger charge is 2.33. The van der Waals surface area contributed by atoms with Crippen molar-refractivity contribution in [2.45, 2.75) is 28.6 Å². The van der Waals surface area contributed by atoms with Gasteiger partial charge in [0, 0.05) is 41.2 Å². The molecule has 0 N–H and O–H groups in total. The summed E-state index contributed by atoms with van der Waals surface area (Å²) in [5, 5.41) is 13.0. The Hall–Kier alpha value is -2.51. The van der Waals surface area contributed by atoms with Gasteiger partial charge in [-0.25, -0.2) is 18.2 Å². The lowest BCUT2D eigenvalue weighted by Crippen LogP contribution is -2.40. The molecule has 1 aromatic heterocycles. The number of benzene rings is 1. The van der Waals surface area contributed by atoms with E-state index in [-0.39, 0.29) is 22.8 Å². The van der Waals surface area contributed by atoms with Crippen molar-refractivity contribution in [1.29, 1.82) is 0 Å². The highest BCUT2D eigenvalue weighted by Crippen LogP contribution is 2.34. The molecule has 10 nitrogen and oxygen atoms in total. The Morgan fingerprint density at radius 2 is 2.16 bits per heavy atom. The van der Waals surface area contributed by atoms with Crippen molar-refractivity contribution < 1.29 is 27.7 Å². The Kier molecular flexibility index (Phi) is 6.96. The van der Waals surface area contributed by atoms with Crippen LogP contribution >= 0.6 is 23.1 Å². The molecule has 1 saturated heterocycles. The molecular formula is C18H19N3O7S3. The van der Waals surface area contributed by atoms with E-state index < -0.39 is 39.3 Å². The second-order valence-corrected chi connectivity index (χ2v) is 11.3. The van der Waals surface area contributed by atoms with Gasteiger partial charge >= 0.3 is 5.97 Å². The molecule has 2 heterocycles. The summed E-state index contributed by atoms with van der Waals surface area (Å²) in [6, 6.07) is 3.35. The number of hydrogen-bond acceptors (Lipinski definition) is 10. The highest BCUT2D eigenvalue weighted by molar-refractivity contribution is 8.01. The zero-order valence-electron chi connectivity index (χ0n) is 16.6. The summed E-state index contributed by atoms with van der Waals surface area (Å²) in [6.45, 7) is 1.22. The van der Waals surface area contributed by atoms with Crippen LogP contribution in [0.4, 0.5) is 5.69 Å². The Morgan fingerprint density at radius 1 is 1.42 bits per heavy atom. The molecule has 2 aromatic rings. The number of nitro groups is 1. The number of nitro benzene ring substituents is 1. The van der Waals surface area contributed by atoms with Gasteiger partial charge in [-0.15, -0.1) is 11.3 Å². The fourth-order valence-corrected chi connectivity index (χ4v) is 6.61. The molecule has 31 heavy (non-hydrogen) atoms. The first-order valence-corrected chi connectivity index (χ1v) is 12.6. The summed E-state index contributed by atoms with van der Waals surface area (Å²) in [5.41, 5.74) is 0.471. The molecule has 0 spiro atoms. The van der Waals surface area contributed by atoms with Crippen LogP contribution in [0.2, 0.25) is 0 Å². The second kappa shape index (κ2) is 9.32. The highest BCUT2D eigenvalue weighted by atomic mass is 32.2. The predicted octanol–water partition coefficient (Wildman–Crippen LogP) is 2.31. The zero-order chi connectivity index (χ0) is 22.8. The fraction of sp³-hybridized carbons (Fsp3) is 0.389. The lowest BCUT2D eigenvalue weighted by molar-refractivity contribution is -0.384. The summed E-state index contributed by atoms with van der Waals surface area (Å²) >= 11 is 2.53. The lowest BCUT2D eigenvalue weighted by atomic mass is 10.2. The molecule has 13 heteroatoms. The van der Waals surface area contributed by atoms with E-state index in [0.29, 0.717) is 15.7 Å². The molecule has 166 valence electrons. The third kappa shape index (κ3) is 5.80. The number of non-ortho nitro benzene ring substituents is 1. The van der Waals surface area contributed by atoms with Crippen LogP contribution in [0.25, 0.3) is 0 Å². The third-order valence-electron chi connectivity index (χ3n) is 4.67. The smallest absolute Gasteiger partial charge is 0.340 e. The van der Waals surface area contributed by atoms with Crippen LogP contribution in [0.15, 0.2) is 32.8 Å². The number of sulfone groups is 1. The Bertz CT molecular complexity index is 1130. The molecule has 0 bridgehead atoms. The quantitative estimate of drug-likeness (QED) is 0.328. The normalized spacial score (nSPS) is 17.3. The van der Waals surface area contributed by atoms with Gasteiger partial charge in [0.15, 0.2) is 20.8 Å². The first kappa shape index (κ1) is 23.2. The van der Waals surface area contributed by atoms with Crippen LogP contribution in [-0.4, -0.2) is 66.3 Å². The molecule has 1 aliphatic rings. The number of carbonyl (C=O) groups is 2. The molecule has 1 fully saturated rings. The predicted molar refractivity (Wildman–Crippen MR) is 114 cm³/mol. The number of hydrogen-bond donors (Lipinski definition) is 0. The number of rotatable bonds is 7. The average Bonchev–Trinajstić information content (AvgIpc) is 3.29. The van der Waals surface area contributed by atoms with Crippen LogP contribution < -0.4 is 0 Å². The maximum Gasteiger partial charge on any atom is 0.340 e. The van der Waals surface area contributed by atoms with Gasteiger partial charge in [-0.2, -0.15) is 0 Å². The summed E-state index contributed by atoms with van der Waals surface area (Å²) in [5.74, 6) is -1.55. The zero-order valence-corrected chi connectivity index (χ0v) is 19.1. The lowest BCUT2D eigenvalue weighted by Gasteiger charge is -2.23. The number of amides is 1. The molecule has 1 unspecified atom stereocenters. The van der Waals surface area contributed by atoms with Gasteiger partial charge in [0.1, 0.15) is 0 Å². The van der Waals surface area contributed by atoms with E-state index in [2.05, 4.69) is 4.98 Å². The minimum Gasteiger partial charge on any atom is -0.452 e. The summed E-state index contributed by atoms with van der Waals surface area (Å²) in [4.78, 5) is 41.5. The van der Waals surface area contributed by atoms with Gasteiger partial charge in [-0.3, -0.25) is 14.9 Å². The van der Waals surface area contributed by atoms with Gasteiger partial charge in [0.05, 0.1) is 22.0 Å². The SMILES string of the molecule is Cc1csc(Sc2ccc([N+](=O)[O-])cc2C(=O)OCC(=O)N(C)C2CCS(=O)(=O)C2)n1. The van der Waals surface area contributed by atoms with Crippen molar-refractivity contribution in [3.05, 3.63) is 45.0 Å². The monoisotopic (exact) mass is 485 g/mol. The molecule has 0 saturated carbocycles. The summed E-state index contributed by atoms with van der Waals surface area (Å²) < 4.78 is 29.0. The number of aryl methyl sites for hydroxylation is 1. The van der Waals surface area contributed by atoms with Crippen molar-refractivity contribution in [3.8, 4) is 0 Å². The molecule has 0 radical (unpaired) electrons. The van der Waals surface area contributed by atoms with Crippen molar-refractivity contribution >= 4 is 50.5 Å². The Labute approximate surface area is 186 Å². The van der Waals surface area contributed by atoms with Gasteiger partial charge in [-0.05, 0) is 19.4 Å². The number of thiazole rings is 1. The second-order valence-electron chi connectivity index (χ2n) is 6.93. The van der Waals surface area contributed by atoms with Crippen LogP contribution in [0, 0.1) is 17.0 Å². The fourth-order valence-electron chi connectivity index (χ4n) is 2.94. The number of aromatic nitrogens is 1. The van der Waals surface area contributed by atoms with E-state index >= 15 is 0 Å². The van der Waals surface area contributed by atoms with Gasteiger partial charge < -0.3 is 9.64 Å².